The number of anilines is 1. The maximum absolute atomic E-state index is 14.6. The fourth-order valence-corrected chi connectivity index (χ4v) is 6.69. The Bertz CT molecular complexity index is 1760. The monoisotopic (exact) mass is 659 g/mol. The predicted octanol–water partition coefficient (Wildman–Crippen LogP) is 7.02. The van der Waals surface area contributed by atoms with Crippen LogP contribution in [0.5, 0.6) is 0 Å². The van der Waals surface area contributed by atoms with Gasteiger partial charge in [-0.05, 0) is 75.1 Å². The first-order valence-corrected chi connectivity index (χ1v) is 17.3. The molecule has 0 aliphatic carbocycles. The van der Waals surface area contributed by atoms with Crippen LogP contribution in [0.1, 0.15) is 48.1 Å². The molecule has 242 valence electrons. The smallest absolute Gasteiger partial charge is 0.264 e. The Morgan fingerprint density at radius 1 is 0.826 bits per heavy atom. The van der Waals surface area contributed by atoms with E-state index >= 15 is 0 Å². The molecule has 4 aromatic carbocycles. The van der Waals surface area contributed by atoms with Crippen molar-refractivity contribution in [1.82, 2.24) is 10.2 Å². The molecule has 0 aliphatic heterocycles. The van der Waals surface area contributed by atoms with Gasteiger partial charge in [-0.15, -0.1) is 0 Å². The average molecular weight is 660 g/mol. The minimum atomic E-state index is -4.21. The number of aryl methyl sites for hydroxylation is 3. The van der Waals surface area contributed by atoms with Gasteiger partial charge in [0.1, 0.15) is 12.6 Å². The molecule has 0 fully saturated rings. The molecule has 0 saturated heterocycles. The van der Waals surface area contributed by atoms with E-state index in [0.29, 0.717) is 11.4 Å². The van der Waals surface area contributed by atoms with Crippen LogP contribution in [0.25, 0.3) is 0 Å². The molecule has 0 heterocycles. The lowest BCUT2D eigenvalue weighted by molar-refractivity contribution is -0.140. The normalized spacial score (nSPS) is 12.7. The first kappa shape index (κ1) is 34.7. The number of hydrogen-bond donors (Lipinski definition) is 1. The standard InChI is InChI=1S/C37H42ClN3O4S/c1-6-29(5)39-37(43)35(22-30-12-8-7-9-13-30)40(24-31-14-10-11-27(3)21-31)36(42)25-41(32-18-17-28(4)34(38)23-32)46(44,45)33-19-15-26(2)16-20-33/h7-21,23,29,35H,6,22,24-25H2,1-5H3,(H,39,43)/t29-,35+/m1/s1. The number of hydrogen-bond acceptors (Lipinski definition) is 4. The fourth-order valence-electron chi connectivity index (χ4n) is 5.11. The molecule has 0 bridgehead atoms. The lowest BCUT2D eigenvalue weighted by Gasteiger charge is -2.34. The maximum Gasteiger partial charge on any atom is 0.264 e. The van der Waals surface area contributed by atoms with Gasteiger partial charge in [0.25, 0.3) is 10.0 Å². The molecule has 0 radical (unpaired) electrons. The summed E-state index contributed by atoms with van der Waals surface area (Å²) < 4.78 is 29.5. The van der Waals surface area contributed by atoms with Crippen LogP contribution in [0.15, 0.2) is 102 Å². The minimum absolute atomic E-state index is 0.0446. The van der Waals surface area contributed by atoms with Crippen molar-refractivity contribution in [1.29, 1.82) is 0 Å². The molecule has 0 spiro atoms. The van der Waals surface area contributed by atoms with Gasteiger partial charge in [0.2, 0.25) is 11.8 Å². The Labute approximate surface area is 278 Å². The summed E-state index contributed by atoms with van der Waals surface area (Å²) in [4.78, 5) is 30.1. The van der Waals surface area contributed by atoms with E-state index in [4.69, 9.17) is 11.6 Å². The highest BCUT2D eigenvalue weighted by Crippen LogP contribution is 2.29. The lowest BCUT2D eigenvalue weighted by atomic mass is 10.0. The fraction of sp³-hybridized carbons (Fsp3) is 0.297. The van der Waals surface area contributed by atoms with E-state index in [0.717, 1.165) is 32.1 Å². The van der Waals surface area contributed by atoms with E-state index < -0.39 is 28.5 Å². The SMILES string of the molecule is CC[C@@H](C)NC(=O)[C@H](Cc1ccccc1)N(Cc1cccc(C)c1)C(=O)CN(c1ccc(C)c(Cl)c1)S(=O)(=O)c1ccc(C)cc1. The van der Waals surface area contributed by atoms with E-state index in [-0.39, 0.29) is 35.5 Å². The van der Waals surface area contributed by atoms with Crippen molar-refractivity contribution in [2.24, 2.45) is 0 Å². The third kappa shape index (κ3) is 8.77. The van der Waals surface area contributed by atoms with Crippen molar-refractivity contribution in [2.45, 2.75) is 71.0 Å². The molecule has 7 nitrogen and oxygen atoms in total. The summed E-state index contributed by atoms with van der Waals surface area (Å²) in [6.45, 7) is 9.13. The molecule has 0 unspecified atom stereocenters. The second-order valence-electron chi connectivity index (χ2n) is 11.8. The summed E-state index contributed by atoms with van der Waals surface area (Å²) in [7, 11) is -4.21. The molecule has 1 N–H and O–H groups in total. The van der Waals surface area contributed by atoms with Gasteiger partial charge in [0.05, 0.1) is 10.6 Å². The number of rotatable bonds is 13. The van der Waals surface area contributed by atoms with Crippen molar-refractivity contribution in [3.8, 4) is 0 Å². The molecule has 4 aromatic rings. The van der Waals surface area contributed by atoms with Crippen molar-refractivity contribution in [3.05, 3.63) is 130 Å². The average Bonchev–Trinajstić information content (AvgIpc) is 3.03. The van der Waals surface area contributed by atoms with Crippen molar-refractivity contribution < 1.29 is 18.0 Å². The Morgan fingerprint density at radius 3 is 2.13 bits per heavy atom. The summed E-state index contributed by atoms with van der Waals surface area (Å²) in [6, 6.07) is 27.6. The van der Waals surface area contributed by atoms with Gasteiger partial charge in [0.15, 0.2) is 0 Å². The van der Waals surface area contributed by atoms with Gasteiger partial charge in [-0.25, -0.2) is 8.42 Å². The number of sulfonamides is 1. The van der Waals surface area contributed by atoms with Crippen LogP contribution in [-0.4, -0.2) is 43.8 Å². The van der Waals surface area contributed by atoms with Gasteiger partial charge in [-0.2, -0.15) is 0 Å². The van der Waals surface area contributed by atoms with Crippen LogP contribution >= 0.6 is 11.6 Å². The maximum atomic E-state index is 14.6. The van der Waals surface area contributed by atoms with Gasteiger partial charge in [-0.1, -0.05) is 102 Å². The third-order valence-electron chi connectivity index (χ3n) is 8.04. The zero-order valence-electron chi connectivity index (χ0n) is 27.0. The number of benzene rings is 4. The Kier molecular flexibility index (Phi) is 11.7. The molecular formula is C37H42ClN3O4S. The van der Waals surface area contributed by atoms with E-state index in [1.54, 1.807) is 30.3 Å². The topological polar surface area (TPSA) is 86.8 Å². The first-order valence-electron chi connectivity index (χ1n) is 15.4. The molecule has 46 heavy (non-hydrogen) atoms. The zero-order valence-corrected chi connectivity index (χ0v) is 28.6. The highest BCUT2D eigenvalue weighted by molar-refractivity contribution is 7.92. The Balaban J connectivity index is 1.83. The Morgan fingerprint density at radius 2 is 1.50 bits per heavy atom. The lowest BCUT2D eigenvalue weighted by Crippen LogP contribution is -2.54. The number of amides is 2. The van der Waals surface area contributed by atoms with Crippen LogP contribution in [0.4, 0.5) is 5.69 Å². The van der Waals surface area contributed by atoms with Crippen LogP contribution in [0.3, 0.4) is 0 Å². The van der Waals surface area contributed by atoms with Crippen molar-refractivity contribution >= 4 is 39.1 Å². The van der Waals surface area contributed by atoms with Crippen LogP contribution < -0.4 is 9.62 Å². The number of carbonyl (C=O) groups is 2. The quantitative estimate of drug-likeness (QED) is 0.167. The second kappa shape index (κ2) is 15.4. The molecule has 2 amide bonds. The van der Waals surface area contributed by atoms with E-state index in [1.165, 1.54) is 17.0 Å². The molecule has 0 aliphatic rings. The molecular weight excluding hydrogens is 618 g/mol. The summed E-state index contributed by atoms with van der Waals surface area (Å²) in [5, 5.41) is 3.44. The highest BCUT2D eigenvalue weighted by atomic mass is 35.5. The number of carbonyl (C=O) groups excluding carboxylic acids is 2. The summed E-state index contributed by atoms with van der Waals surface area (Å²) in [5.74, 6) is -0.820. The number of nitrogens with zero attached hydrogens (tertiary/aromatic N) is 2. The highest BCUT2D eigenvalue weighted by Gasteiger charge is 2.35. The van der Waals surface area contributed by atoms with E-state index in [1.807, 2.05) is 89.2 Å². The molecule has 2 atom stereocenters. The third-order valence-corrected chi connectivity index (χ3v) is 10.2. The molecule has 9 heteroatoms. The Hall–Kier alpha value is -4.14. The van der Waals surface area contributed by atoms with Gasteiger partial charge < -0.3 is 10.2 Å². The minimum Gasteiger partial charge on any atom is -0.352 e. The van der Waals surface area contributed by atoms with Gasteiger partial charge in [-0.3, -0.25) is 13.9 Å². The predicted molar refractivity (Wildman–Crippen MR) is 185 cm³/mol. The molecule has 4 rings (SSSR count). The summed E-state index contributed by atoms with van der Waals surface area (Å²) in [5.41, 5.74) is 4.64. The van der Waals surface area contributed by atoms with E-state index in [9.17, 15) is 18.0 Å². The van der Waals surface area contributed by atoms with Crippen molar-refractivity contribution in [2.75, 3.05) is 10.8 Å². The summed E-state index contributed by atoms with van der Waals surface area (Å²) in [6.07, 6.45) is 0.966. The van der Waals surface area contributed by atoms with Crippen LogP contribution in [0.2, 0.25) is 5.02 Å². The second-order valence-corrected chi connectivity index (χ2v) is 14.1. The molecule has 0 aromatic heterocycles. The van der Waals surface area contributed by atoms with E-state index in [2.05, 4.69) is 5.32 Å². The summed E-state index contributed by atoms with van der Waals surface area (Å²) >= 11 is 6.47. The number of halogens is 1. The zero-order chi connectivity index (χ0) is 33.4. The van der Waals surface area contributed by atoms with Gasteiger partial charge in [0, 0.05) is 24.0 Å². The van der Waals surface area contributed by atoms with Gasteiger partial charge >= 0.3 is 0 Å². The van der Waals surface area contributed by atoms with Crippen LogP contribution in [-0.2, 0) is 32.6 Å². The molecule has 0 saturated carbocycles. The number of nitrogens with one attached hydrogen (secondary N) is 1. The van der Waals surface area contributed by atoms with Crippen LogP contribution in [0, 0.1) is 20.8 Å². The first-order chi connectivity index (χ1) is 21.9. The van der Waals surface area contributed by atoms with Crippen molar-refractivity contribution in [3.63, 3.8) is 0 Å². The largest absolute Gasteiger partial charge is 0.352 e.